The lowest BCUT2D eigenvalue weighted by atomic mass is 9.83. The van der Waals surface area contributed by atoms with Gasteiger partial charge >= 0.3 is 0 Å². The Hall–Kier alpha value is -1.85. The molecule has 0 bridgehead atoms. The molecular formula is C28H40N2O3. The normalized spacial score (nSPS) is 25.9. The molecule has 3 heterocycles. The summed E-state index contributed by atoms with van der Waals surface area (Å²) in [4.78, 5) is 15.1. The van der Waals surface area contributed by atoms with Gasteiger partial charge < -0.3 is 19.4 Å². The van der Waals surface area contributed by atoms with Crippen LogP contribution in [0.2, 0.25) is 0 Å². The summed E-state index contributed by atoms with van der Waals surface area (Å²) < 4.78 is 11.0. The second-order valence-corrected chi connectivity index (χ2v) is 10.6. The van der Waals surface area contributed by atoms with Crippen molar-refractivity contribution in [1.82, 2.24) is 10.2 Å². The molecule has 1 saturated carbocycles. The quantitative estimate of drug-likeness (QED) is 0.603. The lowest BCUT2D eigenvalue weighted by molar-refractivity contribution is -0.123. The molecule has 2 aliphatic heterocycles. The monoisotopic (exact) mass is 452 g/mol. The maximum Gasteiger partial charge on any atom is 0.220 e. The molecule has 1 aromatic carbocycles. The van der Waals surface area contributed by atoms with E-state index in [2.05, 4.69) is 34.5 Å². The van der Waals surface area contributed by atoms with Gasteiger partial charge in [-0.05, 0) is 113 Å². The zero-order valence-corrected chi connectivity index (χ0v) is 20.0. The van der Waals surface area contributed by atoms with Crippen molar-refractivity contribution in [1.29, 1.82) is 0 Å². The number of piperidine rings is 1. The highest BCUT2D eigenvalue weighted by Gasteiger charge is 2.26. The Morgan fingerprint density at radius 1 is 0.939 bits per heavy atom. The summed E-state index contributed by atoms with van der Waals surface area (Å²) in [7, 11) is 0. The van der Waals surface area contributed by atoms with Gasteiger partial charge in [0.2, 0.25) is 5.91 Å². The molecule has 3 fully saturated rings. The number of furan rings is 1. The molecule has 0 atom stereocenters. The fraction of sp³-hybridized carbons (Fsp3) is 0.679. The lowest BCUT2D eigenvalue weighted by Crippen LogP contribution is -2.39. The van der Waals surface area contributed by atoms with E-state index in [1.165, 1.54) is 62.7 Å². The molecule has 0 unspecified atom stereocenters. The summed E-state index contributed by atoms with van der Waals surface area (Å²) in [6.45, 7) is 5.28. The second-order valence-electron chi connectivity index (χ2n) is 10.6. The number of rotatable bonds is 7. The second kappa shape index (κ2) is 11.1. The van der Waals surface area contributed by atoms with Crippen molar-refractivity contribution >= 4 is 16.9 Å². The van der Waals surface area contributed by atoms with Gasteiger partial charge in [-0.2, -0.15) is 0 Å². The summed E-state index contributed by atoms with van der Waals surface area (Å²) in [5.74, 6) is 2.26. The zero-order chi connectivity index (χ0) is 22.5. The Morgan fingerprint density at radius 2 is 1.73 bits per heavy atom. The molecule has 2 saturated heterocycles. The summed E-state index contributed by atoms with van der Waals surface area (Å²) in [5, 5.41) is 4.63. The maximum atomic E-state index is 12.4. The van der Waals surface area contributed by atoms with Gasteiger partial charge in [0, 0.05) is 31.1 Å². The fourth-order valence-corrected chi connectivity index (χ4v) is 6.30. The van der Waals surface area contributed by atoms with Crippen molar-refractivity contribution in [3.63, 3.8) is 0 Å². The van der Waals surface area contributed by atoms with Crippen molar-refractivity contribution in [3.8, 4) is 0 Å². The zero-order valence-electron chi connectivity index (χ0n) is 20.0. The molecule has 1 aromatic heterocycles. The summed E-state index contributed by atoms with van der Waals surface area (Å²) >= 11 is 0. The van der Waals surface area contributed by atoms with Gasteiger partial charge in [-0.25, -0.2) is 0 Å². The van der Waals surface area contributed by atoms with Gasteiger partial charge in [0.25, 0.3) is 0 Å². The first-order valence-corrected chi connectivity index (χ1v) is 13.3. The number of amides is 1. The van der Waals surface area contributed by atoms with Crippen LogP contribution in [-0.2, 0) is 9.53 Å². The van der Waals surface area contributed by atoms with Crippen LogP contribution in [0, 0.1) is 11.8 Å². The minimum absolute atomic E-state index is 0.263. The van der Waals surface area contributed by atoms with E-state index in [9.17, 15) is 4.79 Å². The Balaban J connectivity index is 0.989. The molecule has 180 valence electrons. The maximum absolute atomic E-state index is 12.4. The van der Waals surface area contributed by atoms with Gasteiger partial charge in [0.1, 0.15) is 5.58 Å². The highest BCUT2D eigenvalue weighted by atomic mass is 16.5. The fourth-order valence-electron chi connectivity index (χ4n) is 6.30. The number of likely N-dealkylation sites (tertiary alicyclic amines) is 1. The van der Waals surface area contributed by atoms with Crippen molar-refractivity contribution in [2.45, 2.75) is 76.2 Å². The minimum Gasteiger partial charge on any atom is -0.464 e. The van der Waals surface area contributed by atoms with E-state index in [4.69, 9.17) is 9.15 Å². The number of ether oxygens (including phenoxy) is 1. The molecule has 1 aliphatic carbocycles. The summed E-state index contributed by atoms with van der Waals surface area (Å²) in [6.07, 6.45) is 13.2. The molecule has 2 aromatic rings. The third-order valence-electron chi connectivity index (χ3n) is 8.44. The molecule has 5 rings (SSSR count). The molecule has 3 aliphatic rings. The lowest BCUT2D eigenvalue weighted by Gasteiger charge is -2.35. The van der Waals surface area contributed by atoms with Crippen LogP contribution < -0.4 is 5.32 Å². The topological polar surface area (TPSA) is 54.7 Å². The van der Waals surface area contributed by atoms with E-state index in [-0.39, 0.29) is 5.91 Å². The summed E-state index contributed by atoms with van der Waals surface area (Å²) in [6, 6.07) is 9.02. The first-order chi connectivity index (χ1) is 16.2. The summed E-state index contributed by atoms with van der Waals surface area (Å²) in [5.41, 5.74) is 2.49. The number of carbonyl (C=O) groups excluding carboxylic acids is 1. The smallest absolute Gasteiger partial charge is 0.220 e. The van der Waals surface area contributed by atoms with Gasteiger partial charge in [0.15, 0.2) is 0 Å². The van der Waals surface area contributed by atoms with E-state index in [1.54, 1.807) is 0 Å². The highest BCUT2D eigenvalue weighted by molar-refractivity contribution is 5.81. The van der Waals surface area contributed by atoms with Crippen molar-refractivity contribution in [2.24, 2.45) is 11.8 Å². The van der Waals surface area contributed by atoms with Crippen molar-refractivity contribution in [2.75, 3.05) is 32.8 Å². The van der Waals surface area contributed by atoms with Crippen LogP contribution in [-0.4, -0.2) is 49.7 Å². The molecule has 1 N–H and O–H groups in total. The predicted molar refractivity (Wildman–Crippen MR) is 131 cm³/mol. The predicted octanol–water partition coefficient (Wildman–Crippen LogP) is 5.49. The molecule has 1 amide bonds. The van der Waals surface area contributed by atoms with E-state index < -0.39 is 0 Å². The number of carbonyl (C=O) groups is 1. The number of benzene rings is 1. The Bertz CT molecular complexity index is 887. The van der Waals surface area contributed by atoms with Crippen LogP contribution in [0.5, 0.6) is 0 Å². The first-order valence-electron chi connectivity index (χ1n) is 13.3. The average Bonchev–Trinajstić information content (AvgIpc) is 3.34. The number of nitrogens with one attached hydrogen (secondary N) is 1. The third kappa shape index (κ3) is 5.99. The van der Waals surface area contributed by atoms with Crippen LogP contribution in [0.25, 0.3) is 11.0 Å². The van der Waals surface area contributed by atoms with Crippen LogP contribution >= 0.6 is 0 Å². The van der Waals surface area contributed by atoms with E-state index >= 15 is 0 Å². The standard InChI is InChI=1S/C28H40N2O3/c31-28(20-22-11-17-32-18-12-22)29-24-6-4-21(5-7-24)8-14-30-15-9-23(10-16-30)25-2-1-3-27-26(25)13-19-33-27/h1-3,13,19,21-24H,4-12,14-18,20H2,(H,29,31). The molecule has 5 nitrogen and oxygen atoms in total. The van der Waals surface area contributed by atoms with Gasteiger partial charge in [-0.3, -0.25) is 4.79 Å². The van der Waals surface area contributed by atoms with E-state index in [0.717, 1.165) is 50.4 Å². The van der Waals surface area contributed by atoms with E-state index in [1.807, 2.05) is 6.26 Å². The van der Waals surface area contributed by atoms with Crippen LogP contribution in [0.1, 0.15) is 75.7 Å². The SMILES string of the molecule is O=C(CC1CCOCC1)NC1CCC(CCN2CCC(c3cccc4occc34)CC2)CC1. The van der Waals surface area contributed by atoms with Gasteiger partial charge in [-0.1, -0.05) is 12.1 Å². The number of fused-ring (bicyclic) bond motifs is 1. The van der Waals surface area contributed by atoms with Gasteiger partial charge in [0.05, 0.1) is 6.26 Å². The molecule has 0 spiro atoms. The third-order valence-corrected chi connectivity index (χ3v) is 8.44. The molecule has 5 heteroatoms. The molecule has 0 radical (unpaired) electrons. The van der Waals surface area contributed by atoms with Crippen LogP contribution in [0.15, 0.2) is 34.9 Å². The van der Waals surface area contributed by atoms with Crippen molar-refractivity contribution < 1.29 is 13.9 Å². The van der Waals surface area contributed by atoms with Crippen LogP contribution in [0.3, 0.4) is 0 Å². The Kier molecular flexibility index (Phi) is 7.67. The molecular weight excluding hydrogens is 412 g/mol. The Morgan fingerprint density at radius 3 is 2.52 bits per heavy atom. The Labute approximate surface area is 198 Å². The van der Waals surface area contributed by atoms with Crippen LogP contribution in [0.4, 0.5) is 0 Å². The van der Waals surface area contributed by atoms with Gasteiger partial charge in [-0.15, -0.1) is 0 Å². The number of nitrogens with zero attached hydrogens (tertiary/aromatic N) is 1. The minimum atomic E-state index is 0.263. The number of hydrogen-bond donors (Lipinski definition) is 1. The largest absolute Gasteiger partial charge is 0.464 e. The highest BCUT2D eigenvalue weighted by Crippen LogP contribution is 2.34. The average molecular weight is 453 g/mol. The van der Waals surface area contributed by atoms with E-state index in [0.29, 0.717) is 24.3 Å². The first kappa shape index (κ1) is 22.9. The number of hydrogen-bond acceptors (Lipinski definition) is 4. The molecule has 33 heavy (non-hydrogen) atoms. The van der Waals surface area contributed by atoms with Crippen molar-refractivity contribution in [3.05, 3.63) is 36.1 Å².